The number of fused-ring (bicyclic) bond motifs is 6. The van der Waals surface area contributed by atoms with Gasteiger partial charge in [-0.2, -0.15) is 5.06 Å². The van der Waals surface area contributed by atoms with Crippen LogP contribution < -0.4 is 0 Å². The van der Waals surface area contributed by atoms with Gasteiger partial charge < -0.3 is 19.3 Å². The van der Waals surface area contributed by atoms with Crippen LogP contribution >= 0.6 is 0 Å². The summed E-state index contributed by atoms with van der Waals surface area (Å²) < 4.78 is 18.1. The Bertz CT molecular complexity index is 652. The normalized spacial score (nSPS) is 45.2. The molecule has 3 saturated heterocycles. The lowest BCUT2D eigenvalue weighted by atomic mass is 9.86. The summed E-state index contributed by atoms with van der Waals surface area (Å²) in [5.41, 5.74) is 0.153. The SMILES string of the molecule is CC1(C)O[C@H]2O[C@@H]3[C@H]4C[C@@H](CC[C@@]3(O)[C@H]2O1)ON4Cc1ccccc1. The minimum atomic E-state index is -1.03. The van der Waals surface area contributed by atoms with Gasteiger partial charge in [0.2, 0.25) is 0 Å². The van der Waals surface area contributed by atoms with Crippen molar-refractivity contribution in [3.05, 3.63) is 35.9 Å². The van der Waals surface area contributed by atoms with E-state index in [0.717, 1.165) is 12.8 Å². The van der Waals surface area contributed by atoms with Crippen LogP contribution in [-0.2, 0) is 25.6 Å². The summed E-state index contributed by atoms with van der Waals surface area (Å²) in [7, 11) is 0. The molecule has 0 aromatic heterocycles. The molecule has 3 heterocycles. The summed E-state index contributed by atoms with van der Waals surface area (Å²) in [6.07, 6.45) is 1.08. The molecule has 3 aliphatic heterocycles. The van der Waals surface area contributed by atoms with Crippen molar-refractivity contribution in [2.75, 3.05) is 0 Å². The van der Waals surface area contributed by atoms with E-state index in [-0.39, 0.29) is 18.2 Å². The maximum absolute atomic E-state index is 11.5. The van der Waals surface area contributed by atoms with Gasteiger partial charge in [0.1, 0.15) is 17.8 Å². The van der Waals surface area contributed by atoms with Crippen molar-refractivity contribution in [3.8, 4) is 0 Å². The second kappa shape index (κ2) is 5.49. The smallest absolute Gasteiger partial charge is 0.190 e. The first-order chi connectivity index (χ1) is 11.9. The molecule has 0 radical (unpaired) electrons. The van der Waals surface area contributed by atoms with Crippen LogP contribution in [0.4, 0.5) is 0 Å². The van der Waals surface area contributed by atoms with E-state index in [1.165, 1.54) is 5.56 Å². The quantitative estimate of drug-likeness (QED) is 0.883. The fraction of sp³-hybridized carbons (Fsp3) is 0.684. The lowest BCUT2D eigenvalue weighted by Gasteiger charge is -2.38. The van der Waals surface area contributed by atoms with Crippen molar-refractivity contribution < 1.29 is 24.2 Å². The van der Waals surface area contributed by atoms with Crippen LogP contribution in [0.5, 0.6) is 0 Å². The van der Waals surface area contributed by atoms with Crippen molar-refractivity contribution in [2.45, 2.75) is 81.7 Å². The number of rotatable bonds is 2. The third-order valence-corrected chi connectivity index (χ3v) is 5.88. The minimum absolute atomic E-state index is 0.00128. The van der Waals surface area contributed by atoms with Gasteiger partial charge in [-0.05, 0) is 38.7 Å². The van der Waals surface area contributed by atoms with Crippen LogP contribution in [0.1, 0.15) is 38.7 Å². The molecule has 6 heteroatoms. The predicted octanol–water partition coefficient (Wildman–Crippen LogP) is 1.96. The van der Waals surface area contributed by atoms with Gasteiger partial charge in [-0.15, -0.1) is 0 Å². The number of ether oxygens (including phenoxy) is 3. The van der Waals surface area contributed by atoms with Gasteiger partial charge in [0.25, 0.3) is 0 Å². The maximum Gasteiger partial charge on any atom is 0.190 e. The van der Waals surface area contributed by atoms with Crippen molar-refractivity contribution >= 4 is 0 Å². The molecule has 25 heavy (non-hydrogen) atoms. The van der Waals surface area contributed by atoms with Gasteiger partial charge in [0.05, 0.1) is 12.1 Å². The van der Waals surface area contributed by atoms with Crippen molar-refractivity contribution in [3.63, 3.8) is 0 Å². The Kier molecular flexibility index (Phi) is 3.55. The Morgan fingerprint density at radius 3 is 2.76 bits per heavy atom. The second-order valence-corrected chi connectivity index (χ2v) is 8.10. The first-order valence-electron chi connectivity index (χ1n) is 9.15. The van der Waals surface area contributed by atoms with E-state index < -0.39 is 23.8 Å². The molecule has 0 amide bonds. The summed E-state index contributed by atoms with van der Waals surface area (Å²) in [6, 6.07) is 10.2. The third kappa shape index (κ3) is 2.55. The van der Waals surface area contributed by atoms with Crippen molar-refractivity contribution in [1.29, 1.82) is 0 Å². The fourth-order valence-corrected chi connectivity index (χ4v) is 4.75. The molecule has 1 saturated carbocycles. The molecule has 1 N–H and O–H groups in total. The van der Waals surface area contributed by atoms with Gasteiger partial charge in [-0.3, -0.25) is 4.84 Å². The van der Waals surface area contributed by atoms with E-state index in [0.29, 0.717) is 13.0 Å². The molecule has 6 atom stereocenters. The predicted molar refractivity (Wildman–Crippen MR) is 88.1 cm³/mol. The Labute approximate surface area is 147 Å². The standard InChI is InChI=1S/C19H25NO5/c1-18(2)23-16-17(24-18)22-15-14-10-13(8-9-19(15,16)21)25-20(14)11-12-6-4-3-5-7-12/h3-7,13-17,21H,8-11H2,1-2H3/t13-,14-,15-,16+,17-,19+/m1/s1. The molecular weight excluding hydrogens is 322 g/mol. The molecule has 1 aliphatic carbocycles. The molecule has 0 spiro atoms. The zero-order valence-corrected chi connectivity index (χ0v) is 14.6. The number of nitrogens with zero attached hydrogens (tertiary/aromatic N) is 1. The Morgan fingerprint density at radius 2 is 1.96 bits per heavy atom. The molecule has 5 rings (SSSR count). The number of hydroxylamine groups is 2. The van der Waals surface area contributed by atoms with Crippen LogP contribution in [0.3, 0.4) is 0 Å². The number of hydrogen-bond donors (Lipinski definition) is 1. The highest BCUT2D eigenvalue weighted by Gasteiger charge is 2.67. The fourth-order valence-electron chi connectivity index (χ4n) is 4.75. The molecule has 4 aliphatic rings. The topological polar surface area (TPSA) is 60.4 Å². The van der Waals surface area contributed by atoms with E-state index in [2.05, 4.69) is 12.1 Å². The van der Waals surface area contributed by atoms with Crippen molar-refractivity contribution in [1.82, 2.24) is 5.06 Å². The zero-order valence-electron chi connectivity index (χ0n) is 14.6. The molecule has 6 nitrogen and oxygen atoms in total. The van der Waals surface area contributed by atoms with Gasteiger partial charge in [-0.25, -0.2) is 0 Å². The number of aliphatic hydroxyl groups is 1. The monoisotopic (exact) mass is 347 g/mol. The van der Waals surface area contributed by atoms with E-state index in [4.69, 9.17) is 19.0 Å². The van der Waals surface area contributed by atoms with E-state index in [1.807, 2.05) is 37.1 Å². The summed E-state index contributed by atoms with van der Waals surface area (Å²) in [5, 5.41) is 13.5. The van der Waals surface area contributed by atoms with E-state index in [9.17, 15) is 5.11 Å². The van der Waals surface area contributed by atoms with E-state index >= 15 is 0 Å². The molecule has 136 valence electrons. The molecule has 2 bridgehead atoms. The Hall–Kier alpha value is -1.02. The highest BCUT2D eigenvalue weighted by molar-refractivity contribution is 5.16. The molecule has 1 aromatic rings. The molecule has 0 unspecified atom stereocenters. The summed E-state index contributed by atoms with van der Waals surface area (Å²) in [5.74, 6) is -0.721. The number of benzene rings is 1. The summed E-state index contributed by atoms with van der Waals surface area (Å²) >= 11 is 0. The van der Waals surface area contributed by atoms with Gasteiger partial charge in [0.15, 0.2) is 12.1 Å². The van der Waals surface area contributed by atoms with Gasteiger partial charge >= 0.3 is 0 Å². The van der Waals surface area contributed by atoms with Crippen LogP contribution in [0.15, 0.2) is 30.3 Å². The van der Waals surface area contributed by atoms with Crippen LogP contribution in [0.2, 0.25) is 0 Å². The minimum Gasteiger partial charge on any atom is -0.384 e. The highest BCUT2D eigenvalue weighted by Crippen LogP contribution is 2.50. The Morgan fingerprint density at radius 1 is 1.16 bits per heavy atom. The molecule has 1 aromatic carbocycles. The second-order valence-electron chi connectivity index (χ2n) is 8.10. The zero-order chi connectivity index (χ0) is 17.2. The average Bonchev–Trinajstić information content (AvgIpc) is 3.14. The van der Waals surface area contributed by atoms with E-state index in [1.54, 1.807) is 0 Å². The Balaban J connectivity index is 1.41. The largest absolute Gasteiger partial charge is 0.384 e. The third-order valence-electron chi connectivity index (χ3n) is 5.88. The first kappa shape index (κ1) is 16.2. The van der Waals surface area contributed by atoms with Gasteiger partial charge in [-0.1, -0.05) is 30.3 Å². The number of hydrogen-bond acceptors (Lipinski definition) is 6. The lowest BCUT2D eigenvalue weighted by molar-refractivity contribution is -0.261. The lowest BCUT2D eigenvalue weighted by Crippen LogP contribution is -2.55. The average molecular weight is 347 g/mol. The molecular formula is C19H25NO5. The summed E-state index contributed by atoms with van der Waals surface area (Å²) in [4.78, 5) is 6.15. The van der Waals surface area contributed by atoms with Crippen LogP contribution in [-0.4, -0.2) is 52.2 Å². The summed E-state index contributed by atoms with van der Waals surface area (Å²) in [6.45, 7) is 4.40. The molecule has 4 fully saturated rings. The van der Waals surface area contributed by atoms with Crippen LogP contribution in [0.25, 0.3) is 0 Å². The van der Waals surface area contributed by atoms with Crippen LogP contribution in [0, 0.1) is 0 Å². The van der Waals surface area contributed by atoms with Crippen molar-refractivity contribution in [2.24, 2.45) is 0 Å². The first-order valence-corrected chi connectivity index (χ1v) is 9.15. The maximum atomic E-state index is 11.5. The highest BCUT2D eigenvalue weighted by atomic mass is 16.8. The van der Waals surface area contributed by atoms with Gasteiger partial charge in [0, 0.05) is 6.54 Å².